The second kappa shape index (κ2) is 8.10. The van der Waals surface area contributed by atoms with E-state index in [2.05, 4.69) is 15.0 Å². The van der Waals surface area contributed by atoms with E-state index in [9.17, 15) is 9.59 Å². The van der Waals surface area contributed by atoms with Gasteiger partial charge in [-0.1, -0.05) is 0 Å². The van der Waals surface area contributed by atoms with Crippen LogP contribution in [0.5, 0.6) is 0 Å². The molecule has 0 atom stereocenters. The van der Waals surface area contributed by atoms with Crippen LogP contribution in [0.25, 0.3) is 0 Å². The molecular formula is C18H21N3O3. The van der Waals surface area contributed by atoms with E-state index in [0.29, 0.717) is 30.0 Å². The minimum absolute atomic E-state index is 0.0264. The predicted octanol–water partition coefficient (Wildman–Crippen LogP) is 3.09. The highest BCUT2D eigenvalue weighted by molar-refractivity contribution is 5.94. The van der Waals surface area contributed by atoms with Crippen LogP contribution >= 0.6 is 0 Å². The van der Waals surface area contributed by atoms with E-state index in [4.69, 9.17) is 0 Å². The van der Waals surface area contributed by atoms with Gasteiger partial charge < -0.3 is 15.0 Å². The third-order valence-electron chi connectivity index (χ3n) is 3.64. The maximum Gasteiger partial charge on any atom is 0.337 e. The maximum atomic E-state index is 12.2. The van der Waals surface area contributed by atoms with Crippen molar-refractivity contribution in [2.75, 3.05) is 25.5 Å². The summed E-state index contributed by atoms with van der Waals surface area (Å²) >= 11 is 0. The van der Waals surface area contributed by atoms with Crippen LogP contribution < -0.4 is 5.32 Å². The first-order valence-corrected chi connectivity index (χ1v) is 7.79. The summed E-state index contributed by atoms with van der Waals surface area (Å²) in [4.78, 5) is 29.6. The molecule has 0 unspecified atom stereocenters. The van der Waals surface area contributed by atoms with Crippen molar-refractivity contribution >= 4 is 23.4 Å². The molecule has 0 aliphatic rings. The molecule has 1 amide bonds. The van der Waals surface area contributed by atoms with E-state index >= 15 is 0 Å². The number of carbonyl (C=O) groups is 2. The molecule has 0 saturated carbocycles. The molecule has 0 spiro atoms. The van der Waals surface area contributed by atoms with E-state index < -0.39 is 0 Å². The van der Waals surface area contributed by atoms with Gasteiger partial charge >= 0.3 is 5.97 Å². The molecule has 1 aromatic heterocycles. The summed E-state index contributed by atoms with van der Waals surface area (Å²) in [5, 5.41) is 3.12. The summed E-state index contributed by atoms with van der Waals surface area (Å²) < 4.78 is 4.66. The van der Waals surface area contributed by atoms with E-state index in [-0.39, 0.29) is 11.9 Å². The molecule has 6 heteroatoms. The quantitative estimate of drug-likeness (QED) is 0.826. The number of esters is 1. The largest absolute Gasteiger partial charge is 0.465 e. The average molecular weight is 327 g/mol. The van der Waals surface area contributed by atoms with Crippen LogP contribution in [0, 0.1) is 0 Å². The maximum absolute atomic E-state index is 12.2. The van der Waals surface area contributed by atoms with E-state index in [0.717, 1.165) is 5.69 Å². The smallest absolute Gasteiger partial charge is 0.337 e. The first-order chi connectivity index (χ1) is 11.6. The number of hydrogen-bond acceptors (Lipinski definition) is 5. The Bertz CT molecular complexity index is 692. The lowest BCUT2D eigenvalue weighted by atomic mass is 10.2. The van der Waals surface area contributed by atoms with Crippen molar-refractivity contribution < 1.29 is 14.3 Å². The molecular weight excluding hydrogens is 306 g/mol. The zero-order valence-electron chi connectivity index (χ0n) is 14.1. The molecule has 0 bridgehead atoms. The normalized spacial score (nSPS) is 10.1. The number of hydrogen-bond donors (Lipinski definition) is 1. The molecule has 1 heterocycles. The van der Waals surface area contributed by atoms with Crippen LogP contribution in [0.15, 0.2) is 42.6 Å². The van der Waals surface area contributed by atoms with Gasteiger partial charge in [-0.25, -0.2) is 9.78 Å². The fraction of sp³-hybridized carbons (Fsp3) is 0.278. The van der Waals surface area contributed by atoms with Crippen LogP contribution in [-0.2, 0) is 4.74 Å². The van der Waals surface area contributed by atoms with Gasteiger partial charge in [0.1, 0.15) is 5.82 Å². The molecule has 0 aliphatic heterocycles. The molecule has 6 nitrogen and oxygen atoms in total. The Hall–Kier alpha value is -2.89. The Kier molecular flexibility index (Phi) is 5.89. The van der Waals surface area contributed by atoms with Crippen molar-refractivity contribution in [2.45, 2.75) is 13.8 Å². The molecule has 1 aromatic carbocycles. The Balaban J connectivity index is 2.06. The summed E-state index contributed by atoms with van der Waals surface area (Å²) in [6.45, 7) is 5.23. The van der Waals surface area contributed by atoms with E-state index in [1.165, 1.54) is 7.11 Å². The number of nitrogens with zero attached hydrogens (tertiary/aromatic N) is 2. The third kappa shape index (κ3) is 4.10. The number of anilines is 2. The number of amides is 1. The highest BCUT2D eigenvalue weighted by atomic mass is 16.5. The predicted molar refractivity (Wildman–Crippen MR) is 92.6 cm³/mol. The molecule has 0 fully saturated rings. The van der Waals surface area contributed by atoms with Gasteiger partial charge in [-0.15, -0.1) is 0 Å². The first kappa shape index (κ1) is 17.5. The van der Waals surface area contributed by atoms with Crippen LogP contribution in [0.2, 0.25) is 0 Å². The number of pyridine rings is 1. The van der Waals surface area contributed by atoms with Gasteiger partial charge in [0.15, 0.2) is 0 Å². The van der Waals surface area contributed by atoms with Gasteiger partial charge in [-0.05, 0) is 50.2 Å². The molecule has 2 rings (SSSR count). The number of nitrogens with one attached hydrogen (secondary N) is 1. The zero-order chi connectivity index (χ0) is 17.5. The van der Waals surface area contributed by atoms with Gasteiger partial charge in [0, 0.05) is 25.0 Å². The Morgan fingerprint density at radius 1 is 1.04 bits per heavy atom. The molecule has 0 radical (unpaired) electrons. The average Bonchev–Trinajstić information content (AvgIpc) is 2.63. The summed E-state index contributed by atoms with van der Waals surface area (Å²) in [7, 11) is 1.35. The monoisotopic (exact) mass is 327 g/mol. The van der Waals surface area contributed by atoms with Gasteiger partial charge in [-0.3, -0.25) is 4.79 Å². The number of rotatable bonds is 6. The van der Waals surface area contributed by atoms with Crippen LogP contribution in [0.4, 0.5) is 11.5 Å². The highest BCUT2D eigenvalue weighted by Crippen LogP contribution is 2.16. The minimum Gasteiger partial charge on any atom is -0.465 e. The van der Waals surface area contributed by atoms with Gasteiger partial charge in [0.05, 0.1) is 18.2 Å². The van der Waals surface area contributed by atoms with Crippen LogP contribution in [0.3, 0.4) is 0 Å². The molecule has 1 N–H and O–H groups in total. The molecule has 126 valence electrons. The lowest BCUT2D eigenvalue weighted by molar-refractivity contribution is 0.0600. The van der Waals surface area contributed by atoms with Crippen molar-refractivity contribution in [1.29, 1.82) is 0 Å². The lowest BCUT2D eigenvalue weighted by Gasteiger charge is -2.18. The Labute approximate surface area is 141 Å². The SMILES string of the molecule is CCN(CC)C(=O)c1ccc(Nc2ccc(C(=O)OC)cc2)nc1. The summed E-state index contributed by atoms with van der Waals surface area (Å²) in [5.74, 6) is 0.220. The third-order valence-corrected chi connectivity index (χ3v) is 3.64. The Morgan fingerprint density at radius 3 is 2.17 bits per heavy atom. The molecule has 24 heavy (non-hydrogen) atoms. The van der Waals surface area contributed by atoms with Crippen molar-refractivity contribution in [3.05, 3.63) is 53.7 Å². The number of methoxy groups -OCH3 is 1. The first-order valence-electron chi connectivity index (χ1n) is 7.79. The number of aromatic nitrogens is 1. The van der Waals surface area contributed by atoms with Gasteiger partial charge in [0.2, 0.25) is 0 Å². The summed E-state index contributed by atoms with van der Waals surface area (Å²) in [5.41, 5.74) is 1.83. The fourth-order valence-corrected chi connectivity index (χ4v) is 2.24. The number of ether oxygens (including phenoxy) is 1. The Morgan fingerprint density at radius 2 is 1.67 bits per heavy atom. The van der Waals surface area contributed by atoms with E-state index in [1.807, 2.05) is 13.8 Å². The van der Waals surface area contributed by atoms with Crippen molar-refractivity contribution in [1.82, 2.24) is 9.88 Å². The minimum atomic E-state index is -0.376. The summed E-state index contributed by atoms with van der Waals surface area (Å²) in [6.07, 6.45) is 1.56. The van der Waals surface area contributed by atoms with Crippen molar-refractivity contribution in [2.24, 2.45) is 0 Å². The van der Waals surface area contributed by atoms with Gasteiger partial charge in [-0.2, -0.15) is 0 Å². The topological polar surface area (TPSA) is 71.5 Å². The van der Waals surface area contributed by atoms with Crippen molar-refractivity contribution in [3.8, 4) is 0 Å². The molecule has 2 aromatic rings. The molecule has 0 saturated heterocycles. The zero-order valence-corrected chi connectivity index (χ0v) is 14.1. The fourth-order valence-electron chi connectivity index (χ4n) is 2.24. The van der Waals surface area contributed by atoms with Crippen LogP contribution in [-0.4, -0.2) is 42.0 Å². The number of carbonyl (C=O) groups excluding carboxylic acids is 2. The highest BCUT2D eigenvalue weighted by Gasteiger charge is 2.12. The lowest BCUT2D eigenvalue weighted by Crippen LogP contribution is -2.30. The number of benzene rings is 1. The second-order valence-corrected chi connectivity index (χ2v) is 5.10. The van der Waals surface area contributed by atoms with Crippen molar-refractivity contribution in [3.63, 3.8) is 0 Å². The summed E-state index contributed by atoms with van der Waals surface area (Å²) in [6, 6.07) is 10.4. The van der Waals surface area contributed by atoms with Gasteiger partial charge in [0.25, 0.3) is 5.91 Å². The molecule has 0 aliphatic carbocycles. The standard InChI is InChI=1S/C18H21N3O3/c1-4-21(5-2)17(22)14-8-11-16(19-12-14)20-15-9-6-13(7-10-15)18(23)24-3/h6-12H,4-5H2,1-3H3,(H,19,20). The van der Waals surface area contributed by atoms with E-state index in [1.54, 1.807) is 47.5 Å². The second-order valence-electron chi connectivity index (χ2n) is 5.10. The van der Waals surface area contributed by atoms with Crippen LogP contribution in [0.1, 0.15) is 34.6 Å².